The van der Waals surface area contributed by atoms with Crippen molar-refractivity contribution in [3.05, 3.63) is 21.9 Å². The highest BCUT2D eigenvalue weighted by Crippen LogP contribution is 2.36. The Balaban J connectivity index is 0.00000108. The monoisotopic (exact) mass is 272 g/mol. The molecule has 0 amide bonds. The van der Waals surface area contributed by atoms with E-state index in [1.54, 1.807) is 0 Å². The molecule has 2 nitrogen and oxygen atoms in total. The topological polar surface area (TPSA) is 15.3 Å². The Labute approximate surface area is 114 Å². The molecule has 1 aromatic rings. The molecule has 2 aliphatic rings. The number of thiophene rings is 1. The van der Waals surface area contributed by atoms with E-state index >= 15 is 0 Å². The van der Waals surface area contributed by atoms with Gasteiger partial charge in [0, 0.05) is 29.4 Å². The lowest BCUT2D eigenvalue weighted by molar-refractivity contribution is 0.270. The van der Waals surface area contributed by atoms with Crippen molar-refractivity contribution in [2.45, 2.75) is 26.3 Å². The molecule has 2 aliphatic heterocycles. The first kappa shape index (κ1) is 13.3. The average Bonchev–Trinajstić information content (AvgIpc) is 2.94. The van der Waals surface area contributed by atoms with E-state index in [1.165, 1.54) is 55.3 Å². The second kappa shape index (κ2) is 5.27. The maximum atomic E-state index is 3.52. The van der Waals surface area contributed by atoms with E-state index in [4.69, 9.17) is 0 Å². The summed E-state index contributed by atoms with van der Waals surface area (Å²) in [5.74, 6) is 0. The van der Waals surface area contributed by atoms with E-state index in [-0.39, 0.29) is 12.4 Å². The minimum Gasteiger partial charge on any atom is -0.316 e. The molecule has 1 unspecified atom stereocenters. The van der Waals surface area contributed by atoms with Gasteiger partial charge in [-0.15, -0.1) is 23.7 Å². The van der Waals surface area contributed by atoms with Gasteiger partial charge in [-0.3, -0.25) is 4.90 Å². The van der Waals surface area contributed by atoms with Gasteiger partial charge in [-0.1, -0.05) is 0 Å². The predicted octanol–water partition coefficient (Wildman–Crippen LogP) is 2.66. The first-order valence-corrected chi connectivity index (χ1v) is 7.06. The fourth-order valence-corrected chi connectivity index (χ4v) is 4.03. The van der Waals surface area contributed by atoms with E-state index in [9.17, 15) is 0 Å². The molecule has 0 saturated carbocycles. The van der Waals surface area contributed by atoms with Gasteiger partial charge in [0.2, 0.25) is 0 Å². The van der Waals surface area contributed by atoms with E-state index in [2.05, 4.69) is 29.3 Å². The number of aryl methyl sites for hydroxylation is 1. The summed E-state index contributed by atoms with van der Waals surface area (Å²) >= 11 is 1.95. The minimum absolute atomic E-state index is 0. The largest absolute Gasteiger partial charge is 0.316 e. The van der Waals surface area contributed by atoms with Crippen molar-refractivity contribution in [2.24, 2.45) is 5.41 Å². The summed E-state index contributed by atoms with van der Waals surface area (Å²) in [5, 5.41) is 3.52. The van der Waals surface area contributed by atoms with Crippen molar-refractivity contribution in [2.75, 3.05) is 26.2 Å². The molecule has 2 saturated heterocycles. The smallest absolute Gasteiger partial charge is 0.0328 e. The molecule has 0 aromatic carbocycles. The normalized spacial score (nSPS) is 28.8. The first-order chi connectivity index (χ1) is 7.76. The number of nitrogens with zero attached hydrogens (tertiary/aromatic N) is 1. The molecule has 1 spiro atoms. The molecule has 0 bridgehead atoms. The molecule has 1 N–H and O–H groups in total. The van der Waals surface area contributed by atoms with Crippen LogP contribution >= 0.6 is 23.7 Å². The Morgan fingerprint density at radius 3 is 2.94 bits per heavy atom. The second-order valence-electron chi connectivity index (χ2n) is 5.40. The van der Waals surface area contributed by atoms with Crippen LogP contribution in [0.5, 0.6) is 0 Å². The van der Waals surface area contributed by atoms with Crippen LogP contribution in [0.1, 0.15) is 22.6 Å². The predicted molar refractivity (Wildman–Crippen MR) is 76.1 cm³/mol. The van der Waals surface area contributed by atoms with Crippen LogP contribution in [0.25, 0.3) is 0 Å². The number of hydrogen-bond donors (Lipinski definition) is 1. The number of rotatable bonds is 2. The van der Waals surface area contributed by atoms with Gasteiger partial charge in [-0.05, 0) is 50.4 Å². The number of hydrogen-bond acceptors (Lipinski definition) is 3. The average molecular weight is 273 g/mol. The van der Waals surface area contributed by atoms with Gasteiger partial charge in [0.25, 0.3) is 0 Å². The van der Waals surface area contributed by atoms with Crippen molar-refractivity contribution in [3.8, 4) is 0 Å². The van der Waals surface area contributed by atoms with Gasteiger partial charge >= 0.3 is 0 Å². The lowest BCUT2D eigenvalue weighted by Gasteiger charge is -2.22. The van der Waals surface area contributed by atoms with Crippen molar-refractivity contribution >= 4 is 23.7 Å². The van der Waals surface area contributed by atoms with Gasteiger partial charge in [0.1, 0.15) is 0 Å². The zero-order valence-electron chi connectivity index (χ0n) is 10.4. The van der Waals surface area contributed by atoms with Crippen LogP contribution in [-0.4, -0.2) is 31.1 Å². The summed E-state index contributed by atoms with van der Waals surface area (Å²) in [4.78, 5) is 5.60. The molecule has 1 aromatic heterocycles. The fourth-order valence-electron chi connectivity index (χ4n) is 3.10. The summed E-state index contributed by atoms with van der Waals surface area (Å²) < 4.78 is 0. The van der Waals surface area contributed by atoms with E-state index in [0.717, 1.165) is 0 Å². The van der Waals surface area contributed by atoms with Gasteiger partial charge in [-0.25, -0.2) is 0 Å². The molecule has 1 atom stereocenters. The summed E-state index contributed by atoms with van der Waals surface area (Å²) in [6, 6.07) is 4.53. The van der Waals surface area contributed by atoms with Crippen LogP contribution < -0.4 is 5.32 Å². The highest BCUT2D eigenvalue weighted by atomic mass is 35.5. The summed E-state index contributed by atoms with van der Waals surface area (Å²) in [7, 11) is 0. The molecule has 3 heterocycles. The maximum absolute atomic E-state index is 3.52. The van der Waals surface area contributed by atoms with Crippen LogP contribution in [-0.2, 0) is 6.54 Å². The summed E-state index contributed by atoms with van der Waals surface area (Å²) in [6.07, 6.45) is 2.78. The van der Waals surface area contributed by atoms with E-state index < -0.39 is 0 Å². The molecule has 17 heavy (non-hydrogen) atoms. The molecule has 3 rings (SSSR count). The van der Waals surface area contributed by atoms with Crippen LogP contribution in [0.15, 0.2) is 12.1 Å². The van der Waals surface area contributed by atoms with Crippen molar-refractivity contribution in [3.63, 3.8) is 0 Å². The zero-order chi connectivity index (χ0) is 11.0. The maximum Gasteiger partial charge on any atom is 0.0328 e. The summed E-state index contributed by atoms with van der Waals surface area (Å²) in [6.45, 7) is 8.43. The Bertz CT molecular complexity index is 371. The van der Waals surface area contributed by atoms with Crippen LogP contribution in [0.2, 0.25) is 0 Å². The van der Waals surface area contributed by atoms with Crippen LogP contribution in [0.3, 0.4) is 0 Å². The van der Waals surface area contributed by atoms with Crippen LogP contribution in [0, 0.1) is 12.3 Å². The Hall–Kier alpha value is -0.0900. The molecule has 96 valence electrons. The highest BCUT2D eigenvalue weighted by Gasteiger charge is 2.40. The first-order valence-electron chi connectivity index (χ1n) is 6.24. The van der Waals surface area contributed by atoms with Gasteiger partial charge in [0.05, 0.1) is 0 Å². The van der Waals surface area contributed by atoms with Gasteiger partial charge in [0.15, 0.2) is 0 Å². The lowest BCUT2D eigenvalue weighted by Crippen LogP contribution is -2.28. The quantitative estimate of drug-likeness (QED) is 0.891. The summed E-state index contributed by atoms with van der Waals surface area (Å²) in [5.41, 5.74) is 0.617. The SMILES string of the molecule is Cc1ccc(CN2CCC3(CCNC3)C2)s1.Cl. The third-order valence-corrected chi connectivity index (χ3v) is 5.01. The molecular formula is C13H21ClN2S. The molecule has 0 aliphatic carbocycles. The van der Waals surface area contributed by atoms with Crippen LogP contribution in [0.4, 0.5) is 0 Å². The lowest BCUT2D eigenvalue weighted by atomic mass is 9.87. The standard InChI is InChI=1S/C13H20N2S.ClH/c1-11-2-3-12(16-11)8-15-7-5-13(10-15)4-6-14-9-13;/h2-3,14H,4-10H2,1H3;1H. The molecule has 0 radical (unpaired) electrons. The number of nitrogens with one attached hydrogen (secondary N) is 1. The van der Waals surface area contributed by atoms with Crippen molar-refractivity contribution in [1.82, 2.24) is 10.2 Å². The Morgan fingerprint density at radius 1 is 1.41 bits per heavy atom. The fraction of sp³-hybridized carbons (Fsp3) is 0.692. The Morgan fingerprint density at radius 2 is 2.29 bits per heavy atom. The number of likely N-dealkylation sites (tertiary alicyclic amines) is 1. The zero-order valence-corrected chi connectivity index (χ0v) is 12.0. The molecular weight excluding hydrogens is 252 g/mol. The van der Waals surface area contributed by atoms with E-state index in [0.29, 0.717) is 5.41 Å². The van der Waals surface area contributed by atoms with Gasteiger partial charge < -0.3 is 5.32 Å². The van der Waals surface area contributed by atoms with Gasteiger partial charge in [-0.2, -0.15) is 0 Å². The minimum atomic E-state index is 0. The highest BCUT2D eigenvalue weighted by molar-refractivity contribution is 7.11. The Kier molecular flexibility index (Phi) is 4.14. The number of halogens is 1. The second-order valence-corrected chi connectivity index (χ2v) is 6.77. The van der Waals surface area contributed by atoms with Crippen molar-refractivity contribution in [1.29, 1.82) is 0 Å². The third-order valence-electron chi connectivity index (χ3n) is 4.02. The van der Waals surface area contributed by atoms with Crippen molar-refractivity contribution < 1.29 is 0 Å². The third kappa shape index (κ3) is 2.84. The molecule has 4 heteroatoms. The van der Waals surface area contributed by atoms with E-state index in [1.807, 2.05) is 11.3 Å². The molecule has 2 fully saturated rings.